The Morgan fingerprint density at radius 3 is 2.24 bits per heavy atom. The van der Waals surface area contributed by atoms with Crippen molar-refractivity contribution in [2.24, 2.45) is 4.99 Å². The van der Waals surface area contributed by atoms with Crippen LogP contribution in [-0.2, 0) is 11.4 Å². The number of rotatable bonds is 6. The first-order valence-corrected chi connectivity index (χ1v) is 13.2. The monoisotopic (exact) mass is 564 g/mol. The maximum absolute atomic E-state index is 13.5. The van der Waals surface area contributed by atoms with E-state index in [9.17, 15) is 4.79 Å². The molecule has 1 amide bonds. The SMILES string of the molecule is O=C1/C(=C/c2cccc(OCc3cccc(Cl)c3)c2)SC(=Nc2ccc(Cl)cc2)N1c1ccc(Cl)cc1. The van der Waals surface area contributed by atoms with E-state index in [2.05, 4.69) is 0 Å². The molecule has 0 aliphatic carbocycles. The molecule has 1 heterocycles. The van der Waals surface area contributed by atoms with Gasteiger partial charge in [-0.15, -0.1) is 0 Å². The van der Waals surface area contributed by atoms with Crippen molar-refractivity contribution in [1.29, 1.82) is 0 Å². The summed E-state index contributed by atoms with van der Waals surface area (Å²) in [6.07, 6.45) is 1.84. The van der Waals surface area contributed by atoms with E-state index in [1.54, 1.807) is 41.3 Å². The molecule has 1 aliphatic heterocycles. The van der Waals surface area contributed by atoms with Crippen molar-refractivity contribution in [3.63, 3.8) is 0 Å². The van der Waals surface area contributed by atoms with Crippen LogP contribution < -0.4 is 9.64 Å². The van der Waals surface area contributed by atoms with Crippen LogP contribution in [0.15, 0.2) is 107 Å². The van der Waals surface area contributed by atoms with Gasteiger partial charge < -0.3 is 4.74 Å². The summed E-state index contributed by atoms with van der Waals surface area (Å²) in [6.45, 7) is 0.385. The van der Waals surface area contributed by atoms with Crippen LogP contribution in [-0.4, -0.2) is 11.1 Å². The first-order valence-electron chi connectivity index (χ1n) is 11.3. The number of anilines is 1. The Labute approximate surface area is 234 Å². The van der Waals surface area contributed by atoms with Crippen LogP contribution >= 0.6 is 46.6 Å². The lowest BCUT2D eigenvalue weighted by Gasteiger charge is -2.15. The fourth-order valence-electron chi connectivity index (χ4n) is 3.63. The summed E-state index contributed by atoms with van der Waals surface area (Å²) in [7, 11) is 0. The number of hydrogen-bond acceptors (Lipinski definition) is 4. The molecule has 0 N–H and O–H groups in total. The molecule has 4 aromatic rings. The zero-order valence-corrected chi connectivity index (χ0v) is 22.4. The molecule has 0 aromatic heterocycles. The molecule has 0 atom stereocenters. The maximum atomic E-state index is 13.5. The highest BCUT2D eigenvalue weighted by Crippen LogP contribution is 2.38. The summed E-state index contributed by atoms with van der Waals surface area (Å²) in [4.78, 5) is 20.4. The Kier molecular flexibility index (Phi) is 7.87. The number of halogens is 3. The van der Waals surface area contributed by atoms with Crippen molar-refractivity contribution >= 4 is 75.1 Å². The van der Waals surface area contributed by atoms with Gasteiger partial charge in [0.2, 0.25) is 0 Å². The Balaban J connectivity index is 1.43. The molecule has 0 bridgehead atoms. The van der Waals surface area contributed by atoms with Gasteiger partial charge in [0.15, 0.2) is 5.17 Å². The van der Waals surface area contributed by atoms with E-state index >= 15 is 0 Å². The zero-order chi connectivity index (χ0) is 25.8. The van der Waals surface area contributed by atoms with Gasteiger partial charge in [0, 0.05) is 15.1 Å². The third-order valence-electron chi connectivity index (χ3n) is 5.39. The fraction of sp³-hybridized carbons (Fsp3) is 0.0345. The van der Waals surface area contributed by atoms with Crippen LogP contribution in [0.3, 0.4) is 0 Å². The molecule has 5 rings (SSSR count). The van der Waals surface area contributed by atoms with E-state index in [4.69, 9.17) is 44.5 Å². The average molecular weight is 566 g/mol. The first-order chi connectivity index (χ1) is 17.9. The molecular weight excluding hydrogens is 547 g/mol. The summed E-state index contributed by atoms with van der Waals surface area (Å²) in [5.74, 6) is 0.514. The number of amidine groups is 1. The van der Waals surface area contributed by atoms with Crippen LogP contribution in [0.5, 0.6) is 5.75 Å². The van der Waals surface area contributed by atoms with Crippen LogP contribution in [0.25, 0.3) is 6.08 Å². The normalized spacial score (nSPS) is 15.5. The molecule has 184 valence electrons. The van der Waals surface area contributed by atoms with Gasteiger partial charge in [-0.2, -0.15) is 0 Å². The summed E-state index contributed by atoms with van der Waals surface area (Å²) in [6, 6.07) is 29.4. The van der Waals surface area contributed by atoms with Crippen molar-refractivity contribution in [3.8, 4) is 5.75 Å². The number of carbonyl (C=O) groups excluding carboxylic acids is 1. The lowest BCUT2D eigenvalue weighted by molar-refractivity contribution is -0.113. The molecule has 1 fully saturated rings. The van der Waals surface area contributed by atoms with Gasteiger partial charge in [-0.05, 0) is 102 Å². The smallest absolute Gasteiger partial charge is 0.271 e. The Morgan fingerprint density at radius 1 is 0.811 bits per heavy atom. The molecule has 1 saturated heterocycles. The molecule has 37 heavy (non-hydrogen) atoms. The third-order valence-corrected chi connectivity index (χ3v) is 7.10. The van der Waals surface area contributed by atoms with E-state index in [1.165, 1.54) is 11.8 Å². The number of carbonyl (C=O) groups is 1. The van der Waals surface area contributed by atoms with Gasteiger partial charge in [0.1, 0.15) is 12.4 Å². The molecule has 8 heteroatoms. The standard InChI is InChI=1S/C29H19Cl3N2O2S/c30-21-7-11-24(12-8-21)33-29-34(25-13-9-22(31)10-14-25)28(35)27(37-29)17-19-3-2-6-26(16-19)36-18-20-4-1-5-23(32)15-20/h1-17H,18H2/b27-17-,33-29?. The van der Waals surface area contributed by atoms with Gasteiger partial charge >= 0.3 is 0 Å². The van der Waals surface area contributed by atoms with E-state index in [0.29, 0.717) is 48.9 Å². The predicted octanol–water partition coefficient (Wildman–Crippen LogP) is 9.03. The molecule has 0 unspecified atom stereocenters. The molecule has 0 saturated carbocycles. The van der Waals surface area contributed by atoms with E-state index in [-0.39, 0.29) is 5.91 Å². The van der Waals surface area contributed by atoms with E-state index in [0.717, 1.165) is 11.1 Å². The summed E-state index contributed by atoms with van der Waals surface area (Å²) in [5.41, 5.74) is 3.18. The second-order valence-electron chi connectivity index (χ2n) is 8.09. The Bertz CT molecular complexity index is 1500. The summed E-state index contributed by atoms with van der Waals surface area (Å²) >= 11 is 19.5. The molecule has 0 spiro atoms. The van der Waals surface area contributed by atoms with E-state index in [1.807, 2.05) is 66.7 Å². The number of nitrogens with zero attached hydrogens (tertiary/aromatic N) is 2. The quantitative estimate of drug-likeness (QED) is 0.219. The summed E-state index contributed by atoms with van der Waals surface area (Å²) < 4.78 is 5.95. The molecular formula is C29H19Cl3N2O2S. The van der Waals surface area contributed by atoms with Gasteiger partial charge in [0.25, 0.3) is 5.91 Å². The second-order valence-corrected chi connectivity index (χ2v) is 10.4. The number of aliphatic imine (C=N–C) groups is 1. The minimum Gasteiger partial charge on any atom is -0.489 e. The molecule has 4 nitrogen and oxygen atoms in total. The Hall–Kier alpha value is -3.22. The minimum atomic E-state index is -0.176. The largest absolute Gasteiger partial charge is 0.489 e. The van der Waals surface area contributed by atoms with Crippen LogP contribution in [0.2, 0.25) is 15.1 Å². The summed E-state index contributed by atoms with van der Waals surface area (Å²) in [5, 5.41) is 2.41. The number of hydrogen-bond donors (Lipinski definition) is 0. The maximum Gasteiger partial charge on any atom is 0.271 e. The van der Waals surface area contributed by atoms with Gasteiger partial charge in [-0.3, -0.25) is 9.69 Å². The minimum absolute atomic E-state index is 0.176. The number of ether oxygens (including phenoxy) is 1. The van der Waals surface area contributed by atoms with Crippen molar-refractivity contribution < 1.29 is 9.53 Å². The van der Waals surface area contributed by atoms with Crippen molar-refractivity contribution in [3.05, 3.63) is 128 Å². The van der Waals surface area contributed by atoms with Crippen molar-refractivity contribution in [2.45, 2.75) is 6.61 Å². The highest BCUT2D eigenvalue weighted by molar-refractivity contribution is 8.19. The average Bonchev–Trinajstić information content (AvgIpc) is 3.19. The number of amides is 1. The van der Waals surface area contributed by atoms with Crippen molar-refractivity contribution in [2.75, 3.05) is 4.90 Å². The molecule has 1 aliphatic rings. The lowest BCUT2D eigenvalue weighted by Crippen LogP contribution is -2.28. The first kappa shape index (κ1) is 25.4. The zero-order valence-electron chi connectivity index (χ0n) is 19.3. The van der Waals surface area contributed by atoms with E-state index < -0.39 is 0 Å². The Morgan fingerprint density at radius 2 is 1.51 bits per heavy atom. The van der Waals surface area contributed by atoms with Crippen LogP contribution in [0, 0.1) is 0 Å². The van der Waals surface area contributed by atoms with Gasteiger partial charge in [-0.25, -0.2) is 4.99 Å². The molecule has 0 radical (unpaired) electrons. The topological polar surface area (TPSA) is 41.9 Å². The highest BCUT2D eigenvalue weighted by Gasteiger charge is 2.34. The highest BCUT2D eigenvalue weighted by atomic mass is 35.5. The predicted molar refractivity (Wildman–Crippen MR) is 155 cm³/mol. The third kappa shape index (κ3) is 6.38. The van der Waals surface area contributed by atoms with Gasteiger partial charge in [-0.1, -0.05) is 59.1 Å². The van der Waals surface area contributed by atoms with Crippen LogP contribution in [0.1, 0.15) is 11.1 Å². The number of benzene rings is 4. The van der Waals surface area contributed by atoms with Crippen molar-refractivity contribution in [1.82, 2.24) is 0 Å². The molecule has 4 aromatic carbocycles. The second kappa shape index (κ2) is 11.4. The lowest BCUT2D eigenvalue weighted by atomic mass is 10.2. The number of thioether (sulfide) groups is 1. The van der Waals surface area contributed by atoms with Gasteiger partial charge in [0.05, 0.1) is 16.3 Å². The fourth-order valence-corrected chi connectivity index (χ4v) is 5.10. The van der Waals surface area contributed by atoms with Crippen LogP contribution in [0.4, 0.5) is 11.4 Å².